The summed E-state index contributed by atoms with van der Waals surface area (Å²) >= 11 is 0. The predicted octanol–water partition coefficient (Wildman–Crippen LogP) is 1.47. The van der Waals surface area contributed by atoms with E-state index in [-0.39, 0.29) is 24.8 Å². The molecule has 0 atom stereocenters. The molecular weight excluding hydrogens is 294 g/mol. The minimum atomic E-state index is -1.08. The Balaban J connectivity index is 2.36. The lowest BCUT2D eigenvalue weighted by molar-refractivity contribution is 0.0719. The van der Waals surface area contributed by atoms with Gasteiger partial charge in [0.2, 0.25) is 0 Å². The number of nitrogens with one attached hydrogen (secondary N) is 1. The van der Waals surface area contributed by atoms with E-state index in [9.17, 15) is 15.0 Å². The molecule has 0 fully saturated rings. The van der Waals surface area contributed by atoms with Crippen LogP contribution in [0.1, 0.15) is 42.9 Å². The minimum absolute atomic E-state index is 0.186. The molecule has 0 radical (unpaired) electrons. The molecule has 3 N–H and O–H groups in total. The number of hydrogen-bond donors (Lipinski definition) is 3. The highest BCUT2D eigenvalue weighted by Gasteiger charge is 2.27. The Hall–Kier alpha value is -2.18. The van der Waals surface area contributed by atoms with Crippen molar-refractivity contribution in [3.05, 3.63) is 47.8 Å². The number of amides is 1. The average molecular weight is 317 g/mol. The molecule has 0 aliphatic rings. The molecule has 1 aromatic heterocycles. The van der Waals surface area contributed by atoms with Crippen molar-refractivity contribution >= 4 is 5.91 Å². The minimum Gasteiger partial charge on any atom is -0.394 e. The second kappa shape index (κ2) is 6.93. The quantitative estimate of drug-likeness (QED) is 0.753. The summed E-state index contributed by atoms with van der Waals surface area (Å²) in [5, 5.41) is 25.6. The van der Waals surface area contributed by atoms with Gasteiger partial charge in [-0.1, -0.05) is 32.0 Å². The SMILES string of the molecule is CC(C)c1cc(C(=O)NC(C)(CO)CO)nn1-c1ccccc1. The van der Waals surface area contributed by atoms with Crippen LogP contribution in [-0.2, 0) is 0 Å². The zero-order chi connectivity index (χ0) is 17.0. The summed E-state index contributed by atoms with van der Waals surface area (Å²) in [7, 11) is 0. The zero-order valence-corrected chi connectivity index (χ0v) is 13.7. The average Bonchev–Trinajstić information content (AvgIpc) is 3.01. The number of rotatable bonds is 6. The molecule has 2 rings (SSSR count). The highest BCUT2D eigenvalue weighted by atomic mass is 16.3. The van der Waals surface area contributed by atoms with Crippen LogP contribution in [0.5, 0.6) is 0 Å². The van der Waals surface area contributed by atoms with E-state index in [2.05, 4.69) is 10.4 Å². The maximum Gasteiger partial charge on any atom is 0.272 e. The van der Waals surface area contributed by atoms with E-state index in [1.54, 1.807) is 17.7 Å². The lowest BCUT2D eigenvalue weighted by Crippen LogP contribution is -2.51. The lowest BCUT2D eigenvalue weighted by Gasteiger charge is -2.25. The molecule has 1 aromatic carbocycles. The molecule has 23 heavy (non-hydrogen) atoms. The highest BCUT2D eigenvalue weighted by molar-refractivity contribution is 5.93. The van der Waals surface area contributed by atoms with E-state index >= 15 is 0 Å². The van der Waals surface area contributed by atoms with Crippen molar-refractivity contribution in [1.29, 1.82) is 0 Å². The molecule has 0 spiro atoms. The first-order chi connectivity index (χ1) is 10.9. The van der Waals surface area contributed by atoms with Gasteiger partial charge in [-0.2, -0.15) is 5.10 Å². The molecule has 0 aliphatic heterocycles. The summed E-state index contributed by atoms with van der Waals surface area (Å²) in [6.45, 7) is 4.92. The molecule has 124 valence electrons. The number of nitrogens with zero attached hydrogens (tertiary/aromatic N) is 2. The number of para-hydroxylation sites is 1. The van der Waals surface area contributed by atoms with Crippen LogP contribution in [0.25, 0.3) is 5.69 Å². The third-order valence-electron chi connectivity index (χ3n) is 3.68. The Labute approximate surface area is 135 Å². The molecule has 6 heteroatoms. The molecule has 1 amide bonds. The number of hydrogen-bond acceptors (Lipinski definition) is 4. The highest BCUT2D eigenvalue weighted by Crippen LogP contribution is 2.20. The summed E-state index contributed by atoms with van der Waals surface area (Å²) in [6, 6.07) is 11.3. The number of aliphatic hydroxyl groups excluding tert-OH is 2. The Kier molecular flexibility index (Phi) is 5.18. The molecule has 1 heterocycles. The van der Waals surface area contributed by atoms with Crippen LogP contribution in [0.2, 0.25) is 0 Å². The number of aromatic nitrogens is 2. The van der Waals surface area contributed by atoms with E-state index in [1.807, 2.05) is 44.2 Å². The number of carbonyl (C=O) groups is 1. The van der Waals surface area contributed by atoms with E-state index in [0.29, 0.717) is 0 Å². The van der Waals surface area contributed by atoms with Crippen molar-refractivity contribution in [2.45, 2.75) is 32.2 Å². The van der Waals surface area contributed by atoms with Gasteiger partial charge in [0.25, 0.3) is 5.91 Å². The van der Waals surface area contributed by atoms with Crippen LogP contribution in [0.4, 0.5) is 0 Å². The molecule has 0 saturated heterocycles. The van der Waals surface area contributed by atoms with Gasteiger partial charge >= 0.3 is 0 Å². The van der Waals surface area contributed by atoms with Crippen LogP contribution in [-0.4, -0.2) is 44.7 Å². The van der Waals surface area contributed by atoms with Gasteiger partial charge in [0.1, 0.15) is 0 Å². The monoisotopic (exact) mass is 317 g/mol. The van der Waals surface area contributed by atoms with E-state index in [4.69, 9.17) is 0 Å². The maximum atomic E-state index is 12.4. The van der Waals surface area contributed by atoms with Gasteiger partial charge in [-0.25, -0.2) is 4.68 Å². The van der Waals surface area contributed by atoms with Crippen molar-refractivity contribution in [3.63, 3.8) is 0 Å². The summed E-state index contributed by atoms with van der Waals surface area (Å²) in [4.78, 5) is 12.4. The Morgan fingerprint density at radius 3 is 2.39 bits per heavy atom. The topological polar surface area (TPSA) is 87.4 Å². The van der Waals surface area contributed by atoms with Crippen molar-refractivity contribution in [2.75, 3.05) is 13.2 Å². The van der Waals surface area contributed by atoms with Crippen molar-refractivity contribution in [1.82, 2.24) is 15.1 Å². The van der Waals surface area contributed by atoms with Crippen LogP contribution >= 0.6 is 0 Å². The standard InChI is InChI=1S/C17H23N3O3/c1-12(2)15-9-14(16(23)18-17(3,10-21)11-22)19-20(15)13-7-5-4-6-8-13/h4-9,12,21-22H,10-11H2,1-3H3,(H,18,23). The van der Waals surface area contributed by atoms with Crippen LogP contribution in [0, 0.1) is 0 Å². The fourth-order valence-electron chi connectivity index (χ4n) is 2.16. The molecule has 2 aromatic rings. The molecule has 0 aliphatic carbocycles. The van der Waals surface area contributed by atoms with Gasteiger partial charge in [-0.15, -0.1) is 0 Å². The largest absolute Gasteiger partial charge is 0.394 e. The van der Waals surface area contributed by atoms with Crippen molar-refractivity contribution in [2.24, 2.45) is 0 Å². The summed E-state index contributed by atoms with van der Waals surface area (Å²) in [6.07, 6.45) is 0. The fourth-order valence-corrected chi connectivity index (χ4v) is 2.16. The van der Waals surface area contributed by atoms with E-state index in [0.717, 1.165) is 11.4 Å². The van der Waals surface area contributed by atoms with E-state index < -0.39 is 11.4 Å². The molecule has 0 unspecified atom stereocenters. The van der Waals surface area contributed by atoms with Gasteiger partial charge < -0.3 is 15.5 Å². The Morgan fingerprint density at radius 2 is 1.87 bits per heavy atom. The molecule has 0 saturated carbocycles. The van der Waals surface area contributed by atoms with Crippen molar-refractivity contribution < 1.29 is 15.0 Å². The van der Waals surface area contributed by atoms with Gasteiger partial charge in [0, 0.05) is 5.69 Å². The van der Waals surface area contributed by atoms with Crippen molar-refractivity contribution in [3.8, 4) is 5.69 Å². The molecule has 0 bridgehead atoms. The second-order valence-electron chi connectivity index (χ2n) is 6.19. The smallest absolute Gasteiger partial charge is 0.272 e. The lowest BCUT2D eigenvalue weighted by atomic mass is 10.1. The van der Waals surface area contributed by atoms with Crippen LogP contribution in [0.3, 0.4) is 0 Å². The maximum absolute atomic E-state index is 12.4. The number of carbonyl (C=O) groups excluding carboxylic acids is 1. The summed E-state index contributed by atoms with van der Waals surface area (Å²) in [5.41, 5.74) is 0.968. The normalized spacial score (nSPS) is 11.7. The predicted molar refractivity (Wildman–Crippen MR) is 87.7 cm³/mol. The van der Waals surface area contributed by atoms with Gasteiger partial charge in [-0.3, -0.25) is 4.79 Å². The van der Waals surface area contributed by atoms with Crippen LogP contribution < -0.4 is 5.32 Å². The van der Waals surface area contributed by atoms with Gasteiger partial charge in [-0.05, 0) is 31.0 Å². The van der Waals surface area contributed by atoms with Gasteiger partial charge in [0.15, 0.2) is 5.69 Å². The first-order valence-electron chi connectivity index (χ1n) is 7.60. The second-order valence-corrected chi connectivity index (χ2v) is 6.19. The summed E-state index contributed by atoms with van der Waals surface area (Å²) < 4.78 is 1.74. The third-order valence-corrected chi connectivity index (χ3v) is 3.68. The number of aliphatic hydroxyl groups is 2. The molecular formula is C17H23N3O3. The number of benzene rings is 1. The van der Waals surface area contributed by atoms with E-state index in [1.165, 1.54) is 0 Å². The Morgan fingerprint density at radius 1 is 1.26 bits per heavy atom. The molecule has 6 nitrogen and oxygen atoms in total. The Bertz CT molecular complexity index is 661. The first kappa shape index (κ1) is 17.2. The third kappa shape index (κ3) is 3.78. The fraction of sp³-hybridized carbons (Fsp3) is 0.412. The van der Waals surface area contributed by atoms with Gasteiger partial charge in [0.05, 0.1) is 24.4 Å². The summed E-state index contributed by atoms with van der Waals surface area (Å²) in [5.74, 6) is -0.237. The van der Waals surface area contributed by atoms with Crippen LogP contribution in [0.15, 0.2) is 36.4 Å². The zero-order valence-electron chi connectivity index (χ0n) is 13.7. The first-order valence-corrected chi connectivity index (χ1v) is 7.60.